The maximum Gasteiger partial charge on any atom is 0.161 e. The summed E-state index contributed by atoms with van der Waals surface area (Å²) in [7, 11) is 4.96. The number of rotatable bonds is 8. The SMILES string of the molecule is COc1cccc(-c2cnc(CNCc3ccc(OC)c(OC)c3)s2)c1. The third-order valence-electron chi connectivity index (χ3n) is 3.96. The van der Waals surface area contributed by atoms with Gasteiger partial charge in [0.2, 0.25) is 0 Å². The first-order valence-electron chi connectivity index (χ1n) is 8.24. The summed E-state index contributed by atoms with van der Waals surface area (Å²) in [6.07, 6.45) is 1.91. The van der Waals surface area contributed by atoms with Crippen molar-refractivity contribution in [2.45, 2.75) is 13.1 Å². The summed E-state index contributed by atoms with van der Waals surface area (Å²) < 4.78 is 15.9. The van der Waals surface area contributed by atoms with E-state index in [-0.39, 0.29) is 0 Å². The number of nitrogens with zero attached hydrogens (tertiary/aromatic N) is 1. The molecule has 0 bridgehead atoms. The molecule has 26 heavy (non-hydrogen) atoms. The van der Waals surface area contributed by atoms with Gasteiger partial charge < -0.3 is 19.5 Å². The van der Waals surface area contributed by atoms with E-state index in [0.29, 0.717) is 6.54 Å². The number of benzene rings is 2. The minimum atomic E-state index is 0.711. The lowest BCUT2D eigenvalue weighted by Gasteiger charge is -2.09. The third-order valence-corrected chi connectivity index (χ3v) is 5.01. The van der Waals surface area contributed by atoms with Crippen molar-refractivity contribution in [1.29, 1.82) is 0 Å². The van der Waals surface area contributed by atoms with Gasteiger partial charge in [0.05, 0.1) is 26.2 Å². The molecule has 5 nitrogen and oxygen atoms in total. The predicted octanol–water partition coefficient (Wildman–Crippen LogP) is 4.13. The van der Waals surface area contributed by atoms with Crippen LogP contribution in [0.3, 0.4) is 0 Å². The van der Waals surface area contributed by atoms with Crippen LogP contribution in [0.4, 0.5) is 0 Å². The first-order chi connectivity index (χ1) is 12.7. The van der Waals surface area contributed by atoms with E-state index in [1.807, 2.05) is 42.6 Å². The Morgan fingerprint density at radius 3 is 2.54 bits per heavy atom. The number of aromatic nitrogens is 1. The van der Waals surface area contributed by atoms with Crippen molar-refractivity contribution in [3.8, 4) is 27.7 Å². The number of hydrogen-bond acceptors (Lipinski definition) is 6. The second-order valence-corrected chi connectivity index (χ2v) is 6.76. The molecule has 0 spiro atoms. The first-order valence-corrected chi connectivity index (χ1v) is 9.06. The van der Waals surface area contributed by atoms with E-state index in [1.165, 1.54) is 0 Å². The Morgan fingerprint density at radius 2 is 1.77 bits per heavy atom. The second kappa shape index (κ2) is 8.69. The molecule has 2 aromatic carbocycles. The number of thiazole rings is 1. The molecular formula is C20H22N2O3S. The summed E-state index contributed by atoms with van der Waals surface area (Å²) in [6, 6.07) is 13.9. The molecule has 0 radical (unpaired) electrons. The zero-order valence-corrected chi connectivity index (χ0v) is 15.9. The highest BCUT2D eigenvalue weighted by Crippen LogP contribution is 2.29. The summed E-state index contributed by atoms with van der Waals surface area (Å²) in [6.45, 7) is 1.44. The van der Waals surface area contributed by atoms with E-state index >= 15 is 0 Å². The Hall–Kier alpha value is -2.57. The van der Waals surface area contributed by atoms with Crippen molar-refractivity contribution in [3.63, 3.8) is 0 Å². The molecule has 136 valence electrons. The number of hydrogen-bond donors (Lipinski definition) is 1. The van der Waals surface area contributed by atoms with Crippen LogP contribution in [0.5, 0.6) is 17.2 Å². The van der Waals surface area contributed by atoms with Crippen LogP contribution in [0.25, 0.3) is 10.4 Å². The van der Waals surface area contributed by atoms with Gasteiger partial charge in [-0.1, -0.05) is 18.2 Å². The van der Waals surface area contributed by atoms with Gasteiger partial charge in [0.25, 0.3) is 0 Å². The van der Waals surface area contributed by atoms with Gasteiger partial charge in [-0.15, -0.1) is 11.3 Å². The fraction of sp³-hybridized carbons (Fsp3) is 0.250. The number of nitrogens with one attached hydrogen (secondary N) is 1. The zero-order valence-electron chi connectivity index (χ0n) is 15.1. The third kappa shape index (κ3) is 4.33. The molecule has 3 rings (SSSR count). The van der Waals surface area contributed by atoms with Crippen molar-refractivity contribution in [2.24, 2.45) is 0 Å². The van der Waals surface area contributed by atoms with Gasteiger partial charge in [-0.05, 0) is 35.4 Å². The second-order valence-electron chi connectivity index (χ2n) is 5.64. The molecule has 0 saturated carbocycles. The molecule has 1 aromatic heterocycles. The van der Waals surface area contributed by atoms with Crippen molar-refractivity contribution in [3.05, 3.63) is 59.2 Å². The molecule has 3 aromatic rings. The molecule has 6 heteroatoms. The van der Waals surface area contributed by atoms with E-state index in [4.69, 9.17) is 14.2 Å². The molecule has 0 fully saturated rings. The monoisotopic (exact) mass is 370 g/mol. The Labute approximate surface area is 157 Å². The predicted molar refractivity (Wildman–Crippen MR) is 104 cm³/mol. The molecule has 0 aliphatic carbocycles. The van der Waals surface area contributed by atoms with E-state index in [0.717, 1.165) is 44.8 Å². The Bertz CT molecular complexity index is 864. The van der Waals surface area contributed by atoms with Gasteiger partial charge in [-0.2, -0.15) is 0 Å². The highest BCUT2D eigenvalue weighted by Gasteiger charge is 2.07. The highest BCUT2D eigenvalue weighted by molar-refractivity contribution is 7.15. The number of ether oxygens (including phenoxy) is 3. The summed E-state index contributed by atoms with van der Waals surface area (Å²) in [5, 5.41) is 4.47. The van der Waals surface area contributed by atoms with Gasteiger partial charge in [0.1, 0.15) is 10.8 Å². The fourth-order valence-corrected chi connectivity index (χ4v) is 3.49. The Morgan fingerprint density at radius 1 is 0.923 bits per heavy atom. The van der Waals surface area contributed by atoms with Gasteiger partial charge in [0, 0.05) is 19.3 Å². The first kappa shape index (κ1) is 18.2. The van der Waals surface area contributed by atoms with Crippen LogP contribution in [-0.2, 0) is 13.1 Å². The maximum atomic E-state index is 5.34. The lowest BCUT2D eigenvalue weighted by molar-refractivity contribution is 0.354. The van der Waals surface area contributed by atoms with Crippen LogP contribution >= 0.6 is 11.3 Å². The van der Waals surface area contributed by atoms with E-state index in [2.05, 4.69) is 16.4 Å². The highest BCUT2D eigenvalue weighted by atomic mass is 32.1. The lowest BCUT2D eigenvalue weighted by atomic mass is 10.2. The van der Waals surface area contributed by atoms with Crippen LogP contribution in [0, 0.1) is 0 Å². The molecule has 0 aliphatic heterocycles. The Balaban J connectivity index is 1.60. The van der Waals surface area contributed by atoms with Crippen LogP contribution < -0.4 is 19.5 Å². The van der Waals surface area contributed by atoms with Crippen LogP contribution in [0.2, 0.25) is 0 Å². The molecular weight excluding hydrogens is 348 g/mol. The van der Waals surface area contributed by atoms with Crippen molar-refractivity contribution < 1.29 is 14.2 Å². The molecule has 1 N–H and O–H groups in total. The van der Waals surface area contributed by atoms with E-state index in [9.17, 15) is 0 Å². The Kier molecular flexibility index (Phi) is 6.09. The van der Waals surface area contributed by atoms with Gasteiger partial charge in [-0.3, -0.25) is 0 Å². The average Bonchev–Trinajstić information content (AvgIpc) is 3.17. The minimum absolute atomic E-state index is 0.711. The molecule has 0 unspecified atom stereocenters. The summed E-state index contributed by atoms with van der Waals surface area (Å²) in [4.78, 5) is 5.64. The largest absolute Gasteiger partial charge is 0.497 e. The maximum absolute atomic E-state index is 5.34. The van der Waals surface area contributed by atoms with Crippen molar-refractivity contribution in [1.82, 2.24) is 10.3 Å². The quantitative estimate of drug-likeness (QED) is 0.646. The summed E-state index contributed by atoms with van der Waals surface area (Å²) >= 11 is 1.68. The average molecular weight is 370 g/mol. The van der Waals surface area contributed by atoms with Crippen molar-refractivity contribution in [2.75, 3.05) is 21.3 Å². The lowest BCUT2D eigenvalue weighted by Crippen LogP contribution is -2.12. The molecule has 1 heterocycles. The van der Waals surface area contributed by atoms with Gasteiger partial charge in [0.15, 0.2) is 11.5 Å². The summed E-state index contributed by atoms with van der Waals surface area (Å²) in [5.74, 6) is 2.32. The smallest absolute Gasteiger partial charge is 0.161 e. The zero-order chi connectivity index (χ0) is 18.4. The van der Waals surface area contributed by atoms with Crippen LogP contribution in [-0.4, -0.2) is 26.3 Å². The molecule has 0 saturated heterocycles. The standard InChI is InChI=1S/C20H22N2O3S/c1-23-16-6-4-5-15(10-16)19-12-22-20(26-19)13-21-11-14-7-8-17(24-2)18(9-14)25-3/h4-10,12,21H,11,13H2,1-3H3. The molecule has 0 amide bonds. The molecule has 0 atom stereocenters. The fourth-order valence-electron chi connectivity index (χ4n) is 2.61. The van der Waals surface area contributed by atoms with E-state index in [1.54, 1.807) is 32.7 Å². The van der Waals surface area contributed by atoms with Crippen LogP contribution in [0.1, 0.15) is 10.6 Å². The van der Waals surface area contributed by atoms with Gasteiger partial charge >= 0.3 is 0 Å². The van der Waals surface area contributed by atoms with E-state index < -0.39 is 0 Å². The molecule has 0 aliphatic rings. The normalized spacial score (nSPS) is 10.6. The van der Waals surface area contributed by atoms with Crippen molar-refractivity contribution >= 4 is 11.3 Å². The minimum Gasteiger partial charge on any atom is -0.497 e. The van der Waals surface area contributed by atoms with Gasteiger partial charge in [-0.25, -0.2) is 4.98 Å². The number of methoxy groups -OCH3 is 3. The topological polar surface area (TPSA) is 52.6 Å². The summed E-state index contributed by atoms with van der Waals surface area (Å²) in [5.41, 5.74) is 2.25. The van der Waals surface area contributed by atoms with Crippen LogP contribution in [0.15, 0.2) is 48.7 Å².